The van der Waals surface area contributed by atoms with E-state index in [2.05, 4.69) is 42.5 Å². The van der Waals surface area contributed by atoms with Crippen molar-refractivity contribution < 1.29 is 4.42 Å². The Morgan fingerprint density at radius 2 is 1.10 bits per heavy atom. The molecule has 0 radical (unpaired) electrons. The summed E-state index contributed by atoms with van der Waals surface area (Å²) in [7, 11) is 0. The van der Waals surface area contributed by atoms with Crippen molar-refractivity contribution in [3.05, 3.63) is 173 Å². The fourth-order valence-electron chi connectivity index (χ4n) is 8.23. The molecule has 8 aromatic rings. The molecule has 0 aliphatic heterocycles. The van der Waals surface area contributed by atoms with Gasteiger partial charge in [0.25, 0.3) is 0 Å². The Hall–Kier alpha value is -7.66. The summed E-state index contributed by atoms with van der Waals surface area (Å²) in [5, 5.41) is 31.5. The van der Waals surface area contributed by atoms with Gasteiger partial charge in [0, 0.05) is 33.2 Å². The first-order chi connectivity index (χ1) is 25.6. The molecule has 52 heavy (non-hydrogen) atoms. The van der Waals surface area contributed by atoms with E-state index in [0.29, 0.717) is 50.7 Å². The van der Waals surface area contributed by atoms with E-state index in [-0.39, 0.29) is 0 Å². The largest absolute Gasteiger partial charge is 0.463 e. The van der Waals surface area contributed by atoms with Crippen molar-refractivity contribution in [3.63, 3.8) is 0 Å². The van der Waals surface area contributed by atoms with Crippen LogP contribution in [0.1, 0.15) is 38.9 Å². The van der Waals surface area contributed by atoms with Crippen LogP contribution in [-0.2, 0) is 5.41 Å². The Morgan fingerprint density at radius 3 is 1.77 bits per heavy atom. The maximum atomic E-state index is 10.5. The number of fused-ring (bicyclic) bond motifs is 12. The van der Waals surface area contributed by atoms with Gasteiger partial charge in [-0.15, -0.1) is 0 Å². The number of rotatable bonds is 3. The minimum Gasteiger partial charge on any atom is -0.463 e. The summed E-state index contributed by atoms with van der Waals surface area (Å²) in [6.45, 7) is 0. The molecule has 7 heteroatoms. The molecule has 2 aliphatic carbocycles. The van der Waals surface area contributed by atoms with Crippen LogP contribution in [0.15, 0.2) is 138 Å². The summed E-state index contributed by atoms with van der Waals surface area (Å²) in [5.74, 6) is 1.69. The second-order valence-electron chi connectivity index (χ2n) is 12.9. The molecule has 2 aliphatic rings. The molecule has 0 saturated heterocycles. The lowest BCUT2D eigenvalue weighted by Gasteiger charge is -2.30. The number of furan rings is 1. The minimum atomic E-state index is -0.880. The van der Waals surface area contributed by atoms with Crippen LogP contribution in [0.4, 0.5) is 0 Å². The van der Waals surface area contributed by atoms with Gasteiger partial charge in [0.2, 0.25) is 0 Å². The van der Waals surface area contributed by atoms with Crippen molar-refractivity contribution in [2.24, 2.45) is 0 Å². The van der Waals surface area contributed by atoms with Crippen LogP contribution in [0.25, 0.3) is 67.4 Å². The number of benzene rings is 6. The van der Waals surface area contributed by atoms with E-state index in [1.54, 1.807) is 6.07 Å². The van der Waals surface area contributed by atoms with Crippen LogP contribution < -0.4 is 0 Å². The SMILES string of the molecule is N#Cc1cc(C#N)c2c(c1)C1(c3ccccc3-c3cc(-c4nc(-c5ccccc5)nc(-c5ccccc5)n4)ccc31)c1ccc3occ(C#N)c3c1-2. The van der Waals surface area contributed by atoms with Crippen LogP contribution >= 0.6 is 0 Å². The molecule has 0 N–H and O–H groups in total. The Kier molecular flexibility index (Phi) is 6.15. The summed E-state index contributed by atoms with van der Waals surface area (Å²) in [5.41, 5.74) is 10.7. The van der Waals surface area contributed by atoms with Crippen LogP contribution in [-0.4, -0.2) is 15.0 Å². The second kappa shape index (κ2) is 10.9. The fraction of sp³-hybridized carbons (Fsp3) is 0.0222. The van der Waals surface area contributed by atoms with Gasteiger partial charge in [-0.25, -0.2) is 15.0 Å². The quantitative estimate of drug-likeness (QED) is 0.185. The summed E-state index contributed by atoms with van der Waals surface area (Å²) < 4.78 is 5.86. The molecule has 2 heterocycles. The van der Waals surface area contributed by atoms with Crippen LogP contribution in [0.5, 0.6) is 0 Å². The van der Waals surface area contributed by atoms with E-state index >= 15 is 0 Å². The molecule has 0 fully saturated rings. The normalized spacial score (nSPS) is 14.6. The number of hydrogen-bond acceptors (Lipinski definition) is 7. The van der Waals surface area contributed by atoms with Gasteiger partial charge in [-0.1, -0.05) is 103 Å². The van der Waals surface area contributed by atoms with Crippen LogP contribution in [0.2, 0.25) is 0 Å². The molecule has 10 rings (SSSR count). The molecule has 238 valence electrons. The van der Waals surface area contributed by atoms with E-state index in [9.17, 15) is 15.8 Å². The molecule has 0 amide bonds. The van der Waals surface area contributed by atoms with E-state index in [1.165, 1.54) is 6.26 Å². The van der Waals surface area contributed by atoms with Crippen molar-refractivity contribution in [2.45, 2.75) is 5.41 Å². The third-order valence-electron chi connectivity index (χ3n) is 10.3. The molecule has 7 nitrogen and oxygen atoms in total. The topological polar surface area (TPSA) is 123 Å². The zero-order chi connectivity index (χ0) is 35.0. The second-order valence-corrected chi connectivity index (χ2v) is 12.9. The van der Waals surface area contributed by atoms with E-state index in [1.807, 2.05) is 97.1 Å². The zero-order valence-corrected chi connectivity index (χ0v) is 27.3. The van der Waals surface area contributed by atoms with Gasteiger partial charge in [-0.2, -0.15) is 15.8 Å². The van der Waals surface area contributed by atoms with Gasteiger partial charge < -0.3 is 4.42 Å². The van der Waals surface area contributed by atoms with Crippen molar-refractivity contribution in [3.8, 4) is 74.6 Å². The first-order valence-corrected chi connectivity index (χ1v) is 16.7. The average molecular weight is 663 g/mol. The van der Waals surface area contributed by atoms with Gasteiger partial charge in [0.1, 0.15) is 17.9 Å². The molecular formula is C45H22N6O. The highest BCUT2D eigenvalue weighted by atomic mass is 16.3. The summed E-state index contributed by atoms with van der Waals surface area (Å²) in [6.07, 6.45) is 1.47. The van der Waals surface area contributed by atoms with Gasteiger partial charge in [-0.05, 0) is 57.6 Å². The smallest absolute Gasteiger partial charge is 0.164 e. The molecule has 0 bridgehead atoms. The Labute approximate surface area is 298 Å². The number of nitrogens with zero attached hydrogens (tertiary/aromatic N) is 6. The maximum Gasteiger partial charge on any atom is 0.164 e. The summed E-state index contributed by atoms with van der Waals surface area (Å²) in [6, 6.07) is 48.8. The highest BCUT2D eigenvalue weighted by Crippen LogP contribution is 2.65. The Morgan fingerprint density at radius 1 is 0.481 bits per heavy atom. The van der Waals surface area contributed by atoms with Crippen LogP contribution in [0.3, 0.4) is 0 Å². The molecule has 1 atom stereocenters. The van der Waals surface area contributed by atoms with Gasteiger partial charge in [0.05, 0.1) is 34.2 Å². The van der Waals surface area contributed by atoms with Crippen LogP contribution in [0, 0.1) is 34.0 Å². The predicted octanol–water partition coefficient (Wildman–Crippen LogP) is 9.58. The van der Waals surface area contributed by atoms with Gasteiger partial charge >= 0.3 is 0 Å². The standard InChI is InChI=1S/C45H22N6O/c46-22-26-19-30(23-47)39-37(20-26)45(36-17-18-38-40(41(36)39)31(24-48)25-52-38)34-14-8-7-13-32(34)33-21-29(15-16-35(33)45)44-50-42(27-9-3-1-4-10-27)49-43(51-44)28-11-5-2-6-12-28/h1-21,25H. The zero-order valence-electron chi connectivity index (χ0n) is 27.3. The molecule has 0 saturated carbocycles. The molecular weight excluding hydrogens is 641 g/mol. The third kappa shape index (κ3) is 3.89. The maximum absolute atomic E-state index is 10.5. The summed E-state index contributed by atoms with van der Waals surface area (Å²) in [4.78, 5) is 14.9. The van der Waals surface area contributed by atoms with Gasteiger partial charge in [0.15, 0.2) is 17.5 Å². The van der Waals surface area contributed by atoms with Crippen molar-refractivity contribution in [1.29, 1.82) is 15.8 Å². The van der Waals surface area contributed by atoms with E-state index in [0.717, 1.165) is 55.6 Å². The first kappa shape index (κ1) is 29.3. The monoisotopic (exact) mass is 662 g/mol. The van der Waals surface area contributed by atoms with Gasteiger partial charge in [-0.3, -0.25) is 0 Å². The van der Waals surface area contributed by atoms with Crippen molar-refractivity contribution in [1.82, 2.24) is 15.0 Å². The lowest BCUT2D eigenvalue weighted by molar-refractivity contribution is 0.614. The van der Waals surface area contributed by atoms with E-state index in [4.69, 9.17) is 19.4 Å². The Balaban J connectivity index is 1.28. The fourth-order valence-corrected chi connectivity index (χ4v) is 8.23. The summed E-state index contributed by atoms with van der Waals surface area (Å²) >= 11 is 0. The third-order valence-corrected chi connectivity index (χ3v) is 10.3. The predicted molar refractivity (Wildman–Crippen MR) is 196 cm³/mol. The average Bonchev–Trinajstić information content (AvgIpc) is 3.87. The molecule has 1 unspecified atom stereocenters. The highest BCUT2D eigenvalue weighted by Gasteiger charge is 2.53. The first-order valence-electron chi connectivity index (χ1n) is 16.7. The number of nitriles is 3. The lowest BCUT2D eigenvalue weighted by atomic mass is 9.70. The lowest BCUT2D eigenvalue weighted by Crippen LogP contribution is -2.26. The number of hydrogen-bond donors (Lipinski definition) is 0. The number of aromatic nitrogens is 3. The molecule has 6 aromatic carbocycles. The minimum absolute atomic E-state index is 0.374. The van der Waals surface area contributed by atoms with Crippen molar-refractivity contribution in [2.75, 3.05) is 0 Å². The molecule has 1 spiro atoms. The molecule has 2 aromatic heterocycles. The van der Waals surface area contributed by atoms with Crippen molar-refractivity contribution >= 4 is 11.0 Å². The Bertz CT molecular complexity index is 2890. The highest BCUT2D eigenvalue weighted by molar-refractivity contribution is 6.08. The van der Waals surface area contributed by atoms with E-state index < -0.39 is 5.41 Å².